The van der Waals surface area contributed by atoms with Crippen LogP contribution < -0.4 is 16.4 Å². The summed E-state index contributed by atoms with van der Waals surface area (Å²) >= 11 is 0. The molecule has 1 aliphatic rings. The smallest absolute Gasteiger partial charge is 0.253 e. The average Bonchev–Trinajstić information content (AvgIpc) is 3.39. The first-order valence-electron chi connectivity index (χ1n) is 7.98. The minimum Gasteiger partial charge on any atom is -0.368 e. The maximum absolute atomic E-state index is 12.3. The third-order valence-corrected chi connectivity index (χ3v) is 3.89. The molecule has 1 atom stereocenters. The zero-order valence-corrected chi connectivity index (χ0v) is 13.2. The summed E-state index contributed by atoms with van der Waals surface area (Å²) in [4.78, 5) is 28.2. The van der Waals surface area contributed by atoms with Crippen LogP contribution in [0.4, 0.5) is 5.82 Å². The highest BCUT2D eigenvalue weighted by Crippen LogP contribution is 2.23. The Bertz CT molecular complexity index is 712. The molecule has 2 amide bonds. The average molecular weight is 324 g/mol. The molecule has 6 nitrogen and oxygen atoms in total. The molecule has 0 aliphatic heterocycles. The highest BCUT2D eigenvalue weighted by molar-refractivity contribution is 5.97. The molecule has 1 aromatic carbocycles. The predicted octanol–water partition coefficient (Wildman–Crippen LogP) is 1.48. The van der Waals surface area contributed by atoms with E-state index in [2.05, 4.69) is 15.6 Å². The number of pyridine rings is 1. The van der Waals surface area contributed by atoms with Crippen molar-refractivity contribution in [1.82, 2.24) is 10.3 Å². The monoisotopic (exact) mass is 324 g/mol. The number of nitrogens with two attached hydrogens (primary N) is 1. The van der Waals surface area contributed by atoms with Gasteiger partial charge in [-0.25, -0.2) is 4.98 Å². The molecule has 0 radical (unpaired) electrons. The molecular formula is C18H20N4O2. The molecular weight excluding hydrogens is 304 g/mol. The lowest BCUT2D eigenvalue weighted by Crippen LogP contribution is -2.45. The van der Waals surface area contributed by atoms with Gasteiger partial charge in [0, 0.05) is 18.7 Å². The summed E-state index contributed by atoms with van der Waals surface area (Å²) in [6.45, 7) is 0. The van der Waals surface area contributed by atoms with E-state index in [0.29, 0.717) is 18.0 Å². The second-order valence-electron chi connectivity index (χ2n) is 5.97. The van der Waals surface area contributed by atoms with E-state index in [0.717, 1.165) is 24.2 Å². The Balaban J connectivity index is 1.63. The zero-order chi connectivity index (χ0) is 16.9. The lowest BCUT2D eigenvalue weighted by Gasteiger charge is -2.15. The van der Waals surface area contributed by atoms with Gasteiger partial charge in [0.1, 0.15) is 11.9 Å². The highest BCUT2D eigenvalue weighted by Gasteiger charge is 2.22. The van der Waals surface area contributed by atoms with Crippen LogP contribution in [0.25, 0.3) is 0 Å². The van der Waals surface area contributed by atoms with Crippen LogP contribution in [0.3, 0.4) is 0 Å². The van der Waals surface area contributed by atoms with E-state index in [1.165, 1.54) is 6.20 Å². The zero-order valence-electron chi connectivity index (χ0n) is 13.2. The van der Waals surface area contributed by atoms with Crippen molar-refractivity contribution in [3.8, 4) is 0 Å². The lowest BCUT2D eigenvalue weighted by atomic mass is 10.1. The van der Waals surface area contributed by atoms with Crippen LogP contribution in [-0.2, 0) is 11.2 Å². The number of hydrogen-bond acceptors (Lipinski definition) is 4. The Morgan fingerprint density at radius 1 is 1.17 bits per heavy atom. The van der Waals surface area contributed by atoms with Crippen molar-refractivity contribution in [3.63, 3.8) is 0 Å². The number of rotatable bonds is 7. The molecule has 6 heteroatoms. The van der Waals surface area contributed by atoms with Crippen LogP contribution in [0.1, 0.15) is 28.8 Å². The quantitative estimate of drug-likeness (QED) is 0.718. The number of carbonyl (C=O) groups is 2. The van der Waals surface area contributed by atoms with Crippen LogP contribution in [0, 0.1) is 0 Å². The summed E-state index contributed by atoms with van der Waals surface area (Å²) in [5.41, 5.74) is 6.75. The molecule has 0 spiro atoms. The summed E-state index contributed by atoms with van der Waals surface area (Å²) < 4.78 is 0. The van der Waals surface area contributed by atoms with E-state index >= 15 is 0 Å². The molecule has 1 heterocycles. The van der Waals surface area contributed by atoms with Gasteiger partial charge in [0.25, 0.3) is 5.91 Å². The van der Waals surface area contributed by atoms with Crippen LogP contribution in [0.15, 0.2) is 48.7 Å². The van der Waals surface area contributed by atoms with E-state index in [4.69, 9.17) is 5.73 Å². The number of amides is 2. The van der Waals surface area contributed by atoms with Crippen LogP contribution in [0.2, 0.25) is 0 Å². The topological polar surface area (TPSA) is 97.1 Å². The van der Waals surface area contributed by atoms with Gasteiger partial charge in [0.15, 0.2) is 0 Å². The van der Waals surface area contributed by atoms with Crippen molar-refractivity contribution in [1.29, 1.82) is 0 Å². The standard InChI is InChI=1S/C18H20N4O2/c19-17(23)15(10-12-4-2-1-3-5-12)22-18(24)13-6-9-16(20-11-13)21-14-7-8-14/h1-6,9,11,14-15H,7-8,10H2,(H2,19,23)(H,20,21)(H,22,24)/t15-/m1/s1. The van der Waals surface area contributed by atoms with E-state index in [-0.39, 0.29) is 5.91 Å². The summed E-state index contributed by atoms with van der Waals surface area (Å²) in [6, 6.07) is 12.6. The molecule has 0 unspecified atom stereocenters. The minimum atomic E-state index is -0.760. The molecule has 1 saturated carbocycles. The fraction of sp³-hybridized carbons (Fsp3) is 0.278. The van der Waals surface area contributed by atoms with Crippen molar-refractivity contribution < 1.29 is 9.59 Å². The Morgan fingerprint density at radius 2 is 1.92 bits per heavy atom. The van der Waals surface area contributed by atoms with Crippen LogP contribution in [-0.4, -0.2) is 28.9 Å². The van der Waals surface area contributed by atoms with E-state index in [1.807, 2.05) is 30.3 Å². The van der Waals surface area contributed by atoms with Crippen molar-refractivity contribution in [2.75, 3.05) is 5.32 Å². The summed E-state index contributed by atoms with van der Waals surface area (Å²) in [7, 11) is 0. The summed E-state index contributed by atoms with van der Waals surface area (Å²) in [5.74, 6) is -0.169. The molecule has 3 rings (SSSR count). The Kier molecular flexibility index (Phi) is 4.74. The molecule has 0 bridgehead atoms. The van der Waals surface area contributed by atoms with Gasteiger partial charge in [-0.1, -0.05) is 30.3 Å². The van der Waals surface area contributed by atoms with Gasteiger partial charge in [0.2, 0.25) is 5.91 Å². The number of benzene rings is 1. The van der Waals surface area contributed by atoms with Crippen molar-refractivity contribution in [2.24, 2.45) is 5.73 Å². The van der Waals surface area contributed by atoms with Gasteiger partial charge < -0.3 is 16.4 Å². The third kappa shape index (κ3) is 4.32. The van der Waals surface area contributed by atoms with Crippen molar-refractivity contribution in [3.05, 3.63) is 59.8 Å². The normalized spacial score (nSPS) is 14.7. The van der Waals surface area contributed by atoms with E-state index in [1.54, 1.807) is 12.1 Å². The van der Waals surface area contributed by atoms with Crippen LogP contribution in [0.5, 0.6) is 0 Å². The van der Waals surface area contributed by atoms with Gasteiger partial charge in [-0.15, -0.1) is 0 Å². The van der Waals surface area contributed by atoms with Gasteiger partial charge in [-0.2, -0.15) is 0 Å². The maximum Gasteiger partial charge on any atom is 0.253 e. The molecule has 1 aliphatic carbocycles. The molecule has 1 aromatic heterocycles. The predicted molar refractivity (Wildman–Crippen MR) is 91.5 cm³/mol. The van der Waals surface area contributed by atoms with Crippen molar-refractivity contribution in [2.45, 2.75) is 31.3 Å². The number of carbonyl (C=O) groups excluding carboxylic acids is 2. The molecule has 124 valence electrons. The SMILES string of the molecule is NC(=O)[C@@H](Cc1ccccc1)NC(=O)c1ccc(NC2CC2)nc1. The first-order valence-corrected chi connectivity index (χ1v) is 7.98. The Labute approximate surface area is 140 Å². The number of anilines is 1. The number of nitrogens with zero attached hydrogens (tertiary/aromatic N) is 1. The summed E-state index contributed by atoms with van der Waals surface area (Å²) in [6.07, 6.45) is 4.17. The van der Waals surface area contributed by atoms with Crippen molar-refractivity contribution >= 4 is 17.6 Å². The van der Waals surface area contributed by atoms with E-state index in [9.17, 15) is 9.59 Å². The fourth-order valence-corrected chi connectivity index (χ4v) is 2.36. The maximum atomic E-state index is 12.3. The highest BCUT2D eigenvalue weighted by atomic mass is 16.2. The second-order valence-corrected chi connectivity index (χ2v) is 5.97. The molecule has 1 fully saturated rings. The van der Waals surface area contributed by atoms with Gasteiger partial charge in [-0.3, -0.25) is 9.59 Å². The molecule has 24 heavy (non-hydrogen) atoms. The number of aromatic nitrogens is 1. The van der Waals surface area contributed by atoms with Crippen LogP contribution >= 0.6 is 0 Å². The van der Waals surface area contributed by atoms with Gasteiger partial charge in [0.05, 0.1) is 5.56 Å². The minimum absolute atomic E-state index is 0.358. The van der Waals surface area contributed by atoms with Gasteiger partial charge >= 0.3 is 0 Å². The Morgan fingerprint density at radius 3 is 2.50 bits per heavy atom. The third-order valence-electron chi connectivity index (χ3n) is 3.89. The largest absolute Gasteiger partial charge is 0.368 e. The Hall–Kier alpha value is -2.89. The number of hydrogen-bond donors (Lipinski definition) is 3. The molecule has 4 N–H and O–H groups in total. The lowest BCUT2D eigenvalue weighted by molar-refractivity contribution is -0.119. The first-order chi connectivity index (χ1) is 11.6. The fourth-order valence-electron chi connectivity index (χ4n) is 2.36. The molecule has 0 saturated heterocycles. The van der Waals surface area contributed by atoms with Gasteiger partial charge in [-0.05, 0) is 30.5 Å². The summed E-state index contributed by atoms with van der Waals surface area (Å²) in [5, 5.41) is 5.94. The number of nitrogens with one attached hydrogen (secondary N) is 2. The molecule has 2 aromatic rings. The van der Waals surface area contributed by atoms with E-state index < -0.39 is 11.9 Å². The number of primary amides is 1. The second kappa shape index (κ2) is 7.12. The first kappa shape index (κ1) is 16.0.